The van der Waals surface area contributed by atoms with Gasteiger partial charge in [-0.1, -0.05) is 17.8 Å². The second-order valence-electron chi connectivity index (χ2n) is 3.63. The molecule has 0 atom stereocenters. The van der Waals surface area contributed by atoms with Gasteiger partial charge in [0.15, 0.2) is 5.16 Å². The normalized spacial score (nSPS) is 10.0. The molecular weight excluding hydrogens is 246 g/mol. The van der Waals surface area contributed by atoms with Crippen molar-refractivity contribution >= 4 is 17.6 Å². The van der Waals surface area contributed by atoms with E-state index in [9.17, 15) is 0 Å². The number of thioether (sulfide) groups is 1. The Morgan fingerprint density at radius 3 is 3.00 bits per heavy atom. The van der Waals surface area contributed by atoms with E-state index in [4.69, 9.17) is 11.0 Å². The number of aryl methyl sites for hydroxylation is 1. The summed E-state index contributed by atoms with van der Waals surface area (Å²) in [7, 11) is 0. The highest BCUT2D eigenvalue weighted by Gasteiger charge is 2.05. The van der Waals surface area contributed by atoms with E-state index in [1.807, 2.05) is 19.1 Å². The summed E-state index contributed by atoms with van der Waals surface area (Å²) in [5.74, 6) is 1.05. The SMILES string of the molecule is Cc1cc(N)nc(SCc2cccnc2C#N)n1. The minimum atomic E-state index is 0.436. The van der Waals surface area contributed by atoms with Crippen molar-refractivity contribution in [2.24, 2.45) is 0 Å². The predicted octanol–water partition coefficient (Wildman–Crippen LogP) is 1.93. The average Bonchev–Trinajstić information content (AvgIpc) is 2.35. The fraction of sp³-hybridized carbons (Fsp3) is 0.167. The highest BCUT2D eigenvalue weighted by atomic mass is 32.2. The molecule has 0 saturated heterocycles. The molecule has 5 nitrogen and oxygen atoms in total. The van der Waals surface area contributed by atoms with Crippen LogP contribution in [0, 0.1) is 18.3 Å². The Hall–Kier alpha value is -2.13. The summed E-state index contributed by atoms with van der Waals surface area (Å²) in [5, 5.41) is 9.54. The zero-order valence-corrected chi connectivity index (χ0v) is 10.6. The smallest absolute Gasteiger partial charge is 0.190 e. The maximum Gasteiger partial charge on any atom is 0.190 e. The molecule has 0 unspecified atom stereocenters. The lowest BCUT2D eigenvalue weighted by molar-refractivity contribution is 0.940. The first-order chi connectivity index (χ1) is 8.69. The molecule has 0 bridgehead atoms. The number of anilines is 1. The third-order valence-corrected chi connectivity index (χ3v) is 3.10. The number of nitrogens with zero attached hydrogens (tertiary/aromatic N) is 4. The average molecular weight is 257 g/mol. The summed E-state index contributed by atoms with van der Waals surface area (Å²) >= 11 is 1.44. The molecule has 0 radical (unpaired) electrons. The van der Waals surface area contributed by atoms with Gasteiger partial charge in [-0.25, -0.2) is 15.0 Å². The Balaban J connectivity index is 2.14. The van der Waals surface area contributed by atoms with Gasteiger partial charge >= 0.3 is 0 Å². The first kappa shape index (κ1) is 12.3. The summed E-state index contributed by atoms with van der Waals surface area (Å²) < 4.78 is 0. The van der Waals surface area contributed by atoms with Crippen LogP contribution in [0.15, 0.2) is 29.6 Å². The van der Waals surface area contributed by atoms with Crippen molar-refractivity contribution in [3.63, 3.8) is 0 Å². The number of pyridine rings is 1. The summed E-state index contributed by atoms with van der Waals surface area (Å²) in [6.45, 7) is 1.87. The van der Waals surface area contributed by atoms with Gasteiger partial charge in [0.25, 0.3) is 0 Å². The molecule has 2 rings (SSSR count). The van der Waals surface area contributed by atoms with Crippen LogP contribution in [0.1, 0.15) is 17.0 Å². The molecule has 2 N–H and O–H groups in total. The Morgan fingerprint density at radius 2 is 2.28 bits per heavy atom. The van der Waals surface area contributed by atoms with Gasteiger partial charge in [0, 0.05) is 23.7 Å². The van der Waals surface area contributed by atoms with Gasteiger partial charge in [0.2, 0.25) is 0 Å². The van der Waals surface area contributed by atoms with E-state index in [-0.39, 0.29) is 0 Å². The van der Waals surface area contributed by atoms with Gasteiger partial charge in [-0.2, -0.15) is 5.26 Å². The monoisotopic (exact) mass is 257 g/mol. The van der Waals surface area contributed by atoms with Crippen LogP contribution in [-0.4, -0.2) is 15.0 Å². The number of hydrogen-bond acceptors (Lipinski definition) is 6. The molecule has 0 aliphatic heterocycles. The lowest BCUT2D eigenvalue weighted by Gasteiger charge is -2.03. The molecule has 0 amide bonds. The van der Waals surface area contributed by atoms with Crippen molar-refractivity contribution in [3.8, 4) is 6.07 Å². The van der Waals surface area contributed by atoms with Crippen LogP contribution in [-0.2, 0) is 5.75 Å². The van der Waals surface area contributed by atoms with E-state index in [0.29, 0.717) is 22.4 Å². The summed E-state index contributed by atoms with van der Waals surface area (Å²) in [6, 6.07) is 7.46. The summed E-state index contributed by atoms with van der Waals surface area (Å²) in [5.41, 5.74) is 7.79. The van der Waals surface area contributed by atoms with E-state index in [2.05, 4.69) is 21.0 Å². The fourth-order valence-corrected chi connectivity index (χ4v) is 2.32. The summed E-state index contributed by atoms with van der Waals surface area (Å²) in [6.07, 6.45) is 1.61. The van der Waals surface area contributed by atoms with Gasteiger partial charge in [-0.15, -0.1) is 0 Å². The number of aromatic nitrogens is 3. The van der Waals surface area contributed by atoms with Gasteiger partial charge in [0.05, 0.1) is 0 Å². The maximum absolute atomic E-state index is 8.93. The van der Waals surface area contributed by atoms with Gasteiger partial charge in [0.1, 0.15) is 17.6 Å². The Kier molecular flexibility index (Phi) is 3.75. The highest BCUT2D eigenvalue weighted by molar-refractivity contribution is 7.98. The van der Waals surface area contributed by atoms with Crippen LogP contribution in [0.4, 0.5) is 5.82 Å². The van der Waals surface area contributed by atoms with Crippen LogP contribution >= 0.6 is 11.8 Å². The van der Waals surface area contributed by atoms with E-state index in [0.717, 1.165) is 11.3 Å². The molecule has 90 valence electrons. The van der Waals surface area contributed by atoms with Crippen LogP contribution < -0.4 is 5.73 Å². The molecule has 18 heavy (non-hydrogen) atoms. The zero-order valence-electron chi connectivity index (χ0n) is 9.79. The minimum absolute atomic E-state index is 0.436. The third-order valence-electron chi connectivity index (χ3n) is 2.21. The minimum Gasteiger partial charge on any atom is -0.384 e. The fourth-order valence-electron chi connectivity index (χ4n) is 1.43. The summed E-state index contributed by atoms with van der Waals surface area (Å²) in [4.78, 5) is 12.4. The maximum atomic E-state index is 8.93. The van der Waals surface area contributed by atoms with Crippen LogP contribution in [0.3, 0.4) is 0 Å². The van der Waals surface area contributed by atoms with Crippen molar-refractivity contribution in [3.05, 3.63) is 41.3 Å². The predicted molar refractivity (Wildman–Crippen MR) is 69.7 cm³/mol. The largest absolute Gasteiger partial charge is 0.384 e. The zero-order chi connectivity index (χ0) is 13.0. The van der Waals surface area contributed by atoms with Crippen LogP contribution in [0.25, 0.3) is 0 Å². The lowest BCUT2D eigenvalue weighted by atomic mass is 10.2. The standard InChI is InChI=1S/C12H11N5S/c1-8-5-11(14)17-12(16-8)18-7-9-3-2-4-15-10(9)6-13/h2-5H,7H2,1H3,(H2,14,16,17). The van der Waals surface area contributed by atoms with Crippen molar-refractivity contribution in [2.75, 3.05) is 5.73 Å². The van der Waals surface area contributed by atoms with Gasteiger partial charge < -0.3 is 5.73 Å². The van der Waals surface area contributed by atoms with E-state index >= 15 is 0 Å². The topological polar surface area (TPSA) is 88.5 Å². The molecule has 2 aromatic rings. The van der Waals surface area contributed by atoms with E-state index < -0.39 is 0 Å². The van der Waals surface area contributed by atoms with Gasteiger partial charge in [-0.05, 0) is 18.6 Å². The van der Waals surface area contributed by atoms with Crippen molar-refractivity contribution in [1.29, 1.82) is 5.26 Å². The molecule has 6 heteroatoms. The van der Waals surface area contributed by atoms with E-state index in [1.54, 1.807) is 12.3 Å². The van der Waals surface area contributed by atoms with Crippen molar-refractivity contribution in [1.82, 2.24) is 15.0 Å². The first-order valence-electron chi connectivity index (χ1n) is 5.27. The second kappa shape index (κ2) is 5.47. The van der Waals surface area contributed by atoms with Crippen LogP contribution in [0.5, 0.6) is 0 Å². The molecule has 0 fully saturated rings. The Bertz CT molecular complexity index is 585. The Morgan fingerprint density at radius 1 is 1.44 bits per heavy atom. The molecule has 0 aliphatic rings. The van der Waals surface area contributed by atoms with E-state index in [1.165, 1.54) is 11.8 Å². The highest BCUT2D eigenvalue weighted by Crippen LogP contribution is 2.21. The molecule has 0 spiro atoms. The quantitative estimate of drug-likeness (QED) is 0.667. The van der Waals surface area contributed by atoms with Crippen molar-refractivity contribution in [2.45, 2.75) is 17.8 Å². The molecule has 0 saturated carbocycles. The molecule has 0 aliphatic carbocycles. The lowest BCUT2D eigenvalue weighted by Crippen LogP contribution is -1.97. The number of rotatable bonds is 3. The van der Waals surface area contributed by atoms with Crippen LogP contribution in [0.2, 0.25) is 0 Å². The molecule has 2 aromatic heterocycles. The number of nitriles is 1. The Labute approximate surface area is 109 Å². The molecule has 2 heterocycles. The van der Waals surface area contributed by atoms with Crippen molar-refractivity contribution < 1.29 is 0 Å². The second-order valence-corrected chi connectivity index (χ2v) is 4.57. The number of hydrogen-bond donors (Lipinski definition) is 1. The molecule has 0 aromatic carbocycles. The first-order valence-corrected chi connectivity index (χ1v) is 6.25. The molecular formula is C12H11N5S. The van der Waals surface area contributed by atoms with Gasteiger partial charge in [-0.3, -0.25) is 0 Å². The number of nitrogen functional groups attached to an aromatic ring is 1. The number of nitrogens with two attached hydrogens (primary N) is 1. The third kappa shape index (κ3) is 2.96.